The fourth-order valence-corrected chi connectivity index (χ4v) is 9.57. The van der Waals surface area contributed by atoms with Gasteiger partial charge in [-0.05, 0) is 146 Å². The summed E-state index contributed by atoms with van der Waals surface area (Å²) < 4.78 is 2.38. The molecule has 10 rings (SSSR count). The summed E-state index contributed by atoms with van der Waals surface area (Å²) in [5.74, 6) is 0.443. The number of benzene rings is 6. The fourth-order valence-electron chi connectivity index (χ4n) is 9.57. The SMILES string of the molecule is C=C1/C=C\C=C/N(c2ccc(N(c3ccc(N4c5ccccc5C(CC)C4/C=C\C)cc3)c3ccc(-n4c5ccccc5c5ccccc54)cc3)cc2)C2=C1CCC=C2. The second kappa shape index (κ2) is 15.4. The third-order valence-electron chi connectivity index (χ3n) is 12.3. The van der Waals surface area contributed by atoms with Gasteiger partial charge in [-0.1, -0.05) is 98.5 Å². The average molecular weight is 765 g/mol. The number of fused-ring (bicyclic) bond motifs is 4. The monoisotopic (exact) mass is 764 g/mol. The zero-order valence-electron chi connectivity index (χ0n) is 33.7. The first-order valence-corrected chi connectivity index (χ1v) is 21.0. The van der Waals surface area contributed by atoms with E-state index in [4.69, 9.17) is 0 Å². The van der Waals surface area contributed by atoms with Gasteiger partial charge in [0, 0.05) is 68.4 Å². The minimum absolute atomic E-state index is 0.268. The molecule has 1 aromatic heterocycles. The molecule has 1 aliphatic carbocycles. The zero-order chi connectivity index (χ0) is 39.9. The largest absolute Gasteiger partial charge is 0.334 e. The maximum atomic E-state index is 4.39. The van der Waals surface area contributed by atoms with Gasteiger partial charge >= 0.3 is 0 Å². The van der Waals surface area contributed by atoms with Crippen molar-refractivity contribution < 1.29 is 0 Å². The summed E-state index contributed by atoms with van der Waals surface area (Å²) in [6, 6.07) is 53.7. The van der Waals surface area contributed by atoms with Crippen molar-refractivity contribution in [3.8, 4) is 5.69 Å². The Labute approximate surface area is 348 Å². The predicted octanol–water partition coefficient (Wildman–Crippen LogP) is 14.9. The van der Waals surface area contributed by atoms with Gasteiger partial charge < -0.3 is 19.3 Å². The van der Waals surface area contributed by atoms with E-state index in [1.165, 1.54) is 50.0 Å². The molecule has 59 heavy (non-hydrogen) atoms. The van der Waals surface area contributed by atoms with Gasteiger partial charge in [-0.25, -0.2) is 0 Å². The highest BCUT2D eigenvalue weighted by Crippen LogP contribution is 2.48. The predicted molar refractivity (Wildman–Crippen MR) is 251 cm³/mol. The second-order valence-electron chi connectivity index (χ2n) is 15.6. The van der Waals surface area contributed by atoms with Crippen LogP contribution in [0.2, 0.25) is 0 Å². The molecule has 0 N–H and O–H groups in total. The van der Waals surface area contributed by atoms with Crippen molar-refractivity contribution in [1.82, 2.24) is 4.57 Å². The van der Waals surface area contributed by atoms with Gasteiger partial charge in [0.05, 0.1) is 17.1 Å². The summed E-state index contributed by atoms with van der Waals surface area (Å²) in [5.41, 5.74) is 15.4. The number of hydrogen-bond donors (Lipinski definition) is 0. The molecule has 4 nitrogen and oxygen atoms in total. The molecule has 2 unspecified atom stereocenters. The number of hydrogen-bond acceptors (Lipinski definition) is 3. The van der Waals surface area contributed by atoms with Gasteiger partial charge in [0.25, 0.3) is 0 Å². The van der Waals surface area contributed by atoms with Crippen LogP contribution in [0.5, 0.6) is 0 Å². The Morgan fingerprint density at radius 1 is 0.661 bits per heavy atom. The van der Waals surface area contributed by atoms with Crippen molar-refractivity contribution >= 4 is 55.9 Å². The highest BCUT2D eigenvalue weighted by molar-refractivity contribution is 6.09. The molecule has 0 fully saturated rings. The van der Waals surface area contributed by atoms with E-state index < -0.39 is 0 Å². The molecule has 2 aliphatic heterocycles. The van der Waals surface area contributed by atoms with E-state index in [-0.39, 0.29) is 6.04 Å². The third kappa shape index (κ3) is 6.33. The summed E-state index contributed by atoms with van der Waals surface area (Å²) >= 11 is 0. The minimum atomic E-state index is 0.268. The Bertz CT molecular complexity index is 2790. The molecular formula is C55H48N4. The fraction of sp³-hybridized carbons (Fsp3) is 0.127. The first-order chi connectivity index (χ1) is 29.1. The van der Waals surface area contributed by atoms with Crippen LogP contribution in [-0.4, -0.2) is 10.6 Å². The lowest BCUT2D eigenvalue weighted by molar-refractivity contribution is 0.620. The molecule has 7 aromatic rings. The molecular weight excluding hydrogens is 717 g/mol. The van der Waals surface area contributed by atoms with Crippen LogP contribution < -0.4 is 14.7 Å². The molecule has 0 bridgehead atoms. The Hall–Kier alpha value is -7.04. The van der Waals surface area contributed by atoms with E-state index in [1.54, 1.807) is 0 Å². The summed E-state index contributed by atoms with van der Waals surface area (Å²) in [5, 5.41) is 2.52. The lowest BCUT2D eigenvalue weighted by Crippen LogP contribution is -2.28. The molecule has 0 saturated carbocycles. The number of nitrogens with zero attached hydrogens (tertiary/aromatic N) is 4. The van der Waals surface area contributed by atoms with Crippen LogP contribution in [0, 0.1) is 0 Å². The Balaban J connectivity index is 1.06. The molecule has 0 spiro atoms. The van der Waals surface area contributed by atoms with Crippen molar-refractivity contribution in [3.05, 3.63) is 223 Å². The van der Waals surface area contributed by atoms with E-state index in [0.717, 1.165) is 53.3 Å². The molecule has 0 radical (unpaired) electrons. The standard InChI is InChI=1S/C55H48N4/c1-4-16-52-46(5-2)48-19-7-11-23-53(48)58(52)44-34-30-42(31-35-44)57(41-28-26-40(27-29-41)56-38-15-14-17-39(3)47-18-6-10-22-51(47)56)43-32-36-45(37-33-43)59-54-24-12-8-20-49(54)50-21-9-13-25-55(50)59/h4,7-17,19-38,46,52H,3,5-6,18H2,1-2H3/b16-4-,17-14-,38-15-. The smallest absolute Gasteiger partial charge is 0.0591 e. The number of aromatic nitrogens is 1. The minimum Gasteiger partial charge on any atom is -0.334 e. The molecule has 288 valence electrons. The van der Waals surface area contributed by atoms with Gasteiger partial charge in [-0.15, -0.1) is 0 Å². The molecule has 0 saturated heterocycles. The lowest BCUT2D eigenvalue weighted by atomic mass is 9.92. The Morgan fingerprint density at radius 2 is 1.25 bits per heavy atom. The summed E-state index contributed by atoms with van der Waals surface area (Å²) in [6.45, 7) is 8.83. The summed E-state index contributed by atoms with van der Waals surface area (Å²) in [6.07, 6.45) is 20.7. The number of anilines is 6. The quantitative estimate of drug-likeness (QED) is 0.143. The summed E-state index contributed by atoms with van der Waals surface area (Å²) in [4.78, 5) is 7.19. The van der Waals surface area contributed by atoms with E-state index >= 15 is 0 Å². The van der Waals surface area contributed by atoms with Crippen molar-refractivity contribution in [2.45, 2.75) is 45.1 Å². The van der Waals surface area contributed by atoms with E-state index in [9.17, 15) is 0 Å². The van der Waals surface area contributed by atoms with Crippen molar-refractivity contribution in [2.75, 3.05) is 14.7 Å². The third-order valence-corrected chi connectivity index (χ3v) is 12.3. The molecule has 4 heteroatoms. The van der Waals surface area contributed by atoms with Crippen LogP contribution in [0.25, 0.3) is 27.5 Å². The first kappa shape index (κ1) is 36.3. The van der Waals surface area contributed by atoms with E-state index in [1.807, 2.05) is 0 Å². The van der Waals surface area contributed by atoms with Gasteiger partial charge in [-0.2, -0.15) is 0 Å². The molecule has 0 amide bonds. The van der Waals surface area contributed by atoms with Gasteiger partial charge in [0.1, 0.15) is 0 Å². The van der Waals surface area contributed by atoms with Crippen molar-refractivity contribution in [1.29, 1.82) is 0 Å². The van der Waals surface area contributed by atoms with Crippen molar-refractivity contribution in [3.63, 3.8) is 0 Å². The normalized spacial score (nSPS) is 18.6. The van der Waals surface area contributed by atoms with Crippen molar-refractivity contribution in [2.24, 2.45) is 0 Å². The van der Waals surface area contributed by atoms with Gasteiger partial charge in [-0.3, -0.25) is 0 Å². The summed E-state index contributed by atoms with van der Waals surface area (Å²) in [7, 11) is 0. The first-order valence-electron chi connectivity index (χ1n) is 21.0. The number of allylic oxidation sites excluding steroid dienone is 8. The topological polar surface area (TPSA) is 14.7 Å². The lowest BCUT2D eigenvalue weighted by Gasteiger charge is -2.31. The van der Waals surface area contributed by atoms with Crippen LogP contribution in [0.3, 0.4) is 0 Å². The Kier molecular flexibility index (Phi) is 9.46. The molecule has 2 atom stereocenters. The van der Waals surface area contributed by atoms with E-state index in [2.05, 4.69) is 234 Å². The van der Waals surface area contributed by atoms with Gasteiger partial charge in [0.2, 0.25) is 0 Å². The maximum absolute atomic E-state index is 4.39. The van der Waals surface area contributed by atoms with E-state index in [0.29, 0.717) is 5.92 Å². The highest BCUT2D eigenvalue weighted by atomic mass is 15.2. The number of rotatable bonds is 8. The molecule has 3 heterocycles. The number of para-hydroxylation sites is 3. The highest BCUT2D eigenvalue weighted by Gasteiger charge is 2.36. The van der Waals surface area contributed by atoms with Crippen LogP contribution in [-0.2, 0) is 0 Å². The van der Waals surface area contributed by atoms with Crippen LogP contribution in [0.4, 0.5) is 34.1 Å². The van der Waals surface area contributed by atoms with Crippen LogP contribution in [0.1, 0.15) is 44.6 Å². The molecule has 3 aliphatic rings. The molecule has 6 aromatic carbocycles. The average Bonchev–Trinajstić information content (AvgIpc) is 3.79. The Morgan fingerprint density at radius 3 is 1.90 bits per heavy atom. The zero-order valence-corrected chi connectivity index (χ0v) is 33.7. The maximum Gasteiger partial charge on any atom is 0.0591 e. The van der Waals surface area contributed by atoms with Crippen LogP contribution >= 0.6 is 0 Å². The second-order valence-corrected chi connectivity index (χ2v) is 15.6. The van der Waals surface area contributed by atoms with Gasteiger partial charge in [0.15, 0.2) is 0 Å². The van der Waals surface area contributed by atoms with Crippen LogP contribution in [0.15, 0.2) is 218 Å².